The first kappa shape index (κ1) is 7.10. The van der Waals surface area contributed by atoms with Gasteiger partial charge >= 0.3 is 0 Å². The van der Waals surface area contributed by atoms with E-state index in [-0.39, 0.29) is 0 Å². The lowest BCUT2D eigenvalue weighted by Crippen LogP contribution is -1.78. The minimum atomic E-state index is 0.617. The van der Waals surface area contributed by atoms with E-state index in [1.165, 1.54) is 0 Å². The van der Waals surface area contributed by atoms with Crippen molar-refractivity contribution in [3.05, 3.63) is 24.0 Å². The maximum absolute atomic E-state index is 8.46. The summed E-state index contributed by atoms with van der Waals surface area (Å²) in [4.78, 5) is 4.91. The van der Waals surface area contributed by atoms with E-state index >= 15 is 0 Å². The Balaban J connectivity index is 3.01. The van der Waals surface area contributed by atoms with Crippen LogP contribution in [0, 0.1) is 11.3 Å². The molecule has 0 saturated heterocycles. The molecule has 0 radical (unpaired) electrons. The molecule has 10 heavy (non-hydrogen) atoms. The van der Waals surface area contributed by atoms with Crippen LogP contribution in [0.2, 0.25) is 0 Å². The standard InChI is InChI=1S/C7H6N2S/c1-10-7-2-6(3-8)4-9-5-7/h2,4-5H,1H3. The van der Waals surface area contributed by atoms with Gasteiger partial charge in [0.1, 0.15) is 6.07 Å². The zero-order chi connectivity index (χ0) is 7.40. The molecule has 0 fully saturated rings. The van der Waals surface area contributed by atoms with Crippen LogP contribution in [0.1, 0.15) is 5.56 Å². The molecule has 3 heteroatoms. The van der Waals surface area contributed by atoms with Crippen LogP contribution >= 0.6 is 11.8 Å². The summed E-state index contributed by atoms with van der Waals surface area (Å²) >= 11 is 1.58. The van der Waals surface area contributed by atoms with E-state index < -0.39 is 0 Å². The van der Waals surface area contributed by atoms with Crippen molar-refractivity contribution in [1.29, 1.82) is 5.26 Å². The SMILES string of the molecule is CSc1cncc(C#N)c1. The van der Waals surface area contributed by atoms with Crippen molar-refractivity contribution in [1.82, 2.24) is 4.98 Å². The number of hydrogen-bond acceptors (Lipinski definition) is 3. The van der Waals surface area contributed by atoms with Crippen LogP contribution in [0.15, 0.2) is 23.4 Å². The summed E-state index contributed by atoms with van der Waals surface area (Å²) in [6, 6.07) is 3.84. The number of pyridine rings is 1. The summed E-state index contributed by atoms with van der Waals surface area (Å²) in [5.41, 5.74) is 0.617. The Morgan fingerprint density at radius 1 is 1.60 bits per heavy atom. The molecular weight excluding hydrogens is 144 g/mol. The second-order valence-electron chi connectivity index (χ2n) is 1.73. The lowest BCUT2D eigenvalue weighted by Gasteiger charge is -1.92. The predicted octanol–water partition coefficient (Wildman–Crippen LogP) is 1.68. The van der Waals surface area contributed by atoms with Crippen molar-refractivity contribution < 1.29 is 0 Å². The van der Waals surface area contributed by atoms with Crippen molar-refractivity contribution in [2.75, 3.05) is 6.26 Å². The van der Waals surface area contributed by atoms with Gasteiger partial charge < -0.3 is 0 Å². The van der Waals surface area contributed by atoms with Gasteiger partial charge in [-0.2, -0.15) is 5.26 Å². The van der Waals surface area contributed by atoms with E-state index in [1.54, 1.807) is 24.2 Å². The van der Waals surface area contributed by atoms with Gasteiger partial charge in [0, 0.05) is 17.3 Å². The van der Waals surface area contributed by atoms with Crippen LogP contribution in [-0.2, 0) is 0 Å². The Labute approximate surface area is 63.9 Å². The maximum atomic E-state index is 8.46. The molecule has 0 aliphatic carbocycles. The summed E-state index contributed by atoms with van der Waals surface area (Å²) in [5.74, 6) is 0. The molecule has 2 nitrogen and oxygen atoms in total. The normalized spacial score (nSPS) is 8.80. The highest BCUT2D eigenvalue weighted by molar-refractivity contribution is 7.98. The van der Waals surface area contributed by atoms with Gasteiger partial charge in [0.2, 0.25) is 0 Å². The highest BCUT2D eigenvalue weighted by atomic mass is 32.2. The number of hydrogen-bond donors (Lipinski definition) is 0. The Kier molecular flexibility index (Phi) is 2.30. The summed E-state index contributed by atoms with van der Waals surface area (Å²) < 4.78 is 0. The third-order valence-electron chi connectivity index (χ3n) is 1.08. The largest absolute Gasteiger partial charge is 0.262 e. The molecule has 1 rings (SSSR count). The molecule has 1 aromatic heterocycles. The highest BCUT2D eigenvalue weighted by Gasteiger charge is 1.91. The predicted molar refractivity (Wildman–Crippen MR) is 40.7 cm³/mol. The average molecular weight is 150 g/mol. The quantitative estimate of drug-likeness (QED) is 0.571. The van der Waals surface area contributed by atoms with E-state index in [1.807, 2.05) is 18.4 Å². The topological polar surface area (TPSA) is 36.7 Å². The third-order valence-corrected chi connectivity index (χ3v) is 1.77. The smallest absolute Gasteiger partial charge is 0.101 e. The Morgan fingerprint density at radius 2 is 2.40 bits per heavy atom. The zero-order valence-corrected chi connectivity index (χ0v) is 6.35. The minimum absolute atomic E-state index is 0.617. The Morgan fingerprint density at radius 3 is 3.00 bits per heavy atom. The molecule has 50 valence electrons. The lowest BCUT2D eigenvalue weighted by atomic mass is 10.3. The van der Waals surface area contributed by atoms with E-state index in [0.717, 1.165) is 4.90 Å². The molecule has 0 atom stereocenters. The molecule has 0 aliphatic rings. The molecule has 0 N–H and O–H groups in total. The van der Waals surface area contributed by atoms with Crippen LogP contribution in [0.25, 0.3) is 0 Å². The number of rotatable bonds is 1. The highest BCUT2D eigenvalue weighted by Crippen LogP contribution is 2.12. The van der Waals surface area contributed by atoms with Crippen molar-refractivity contribution in [3.63, 3.8) is 0 Å². The Hall–Kier alpha value is -1.01. The maximum Gasteiger partial charge on any atom is 0.101 e. The summed E-state index contributed by atoms with van der Waals surface area (Å²) in [5, 5.41) is 8.46. The van der Waals surface area contributed by atoms with Crippen molar-refractivity contribution in [2.45, 2.75) is 4.90 Å². The van der Waals surface area contributed by atoms with Gasteiger partial charge in [-0.25, -0.2) is 0 Å². The molecule has 1 aromatic rings. The van der Waals surface area contributed by atoms with Crippen LogP contribution in [0.4, 0.5) is 0 Å². The second kappa shape index (κ2) is 3.23. The third kappa shape index (κ3) is 1.49. The molecule has 0 aromatic carbocycles. The zero-order valence-electron chi connectivity index (χ0n) is 5.53. The minimum Gasteiger partial charge on any atom is -0.262 e. The molecule has 0 bridgehead atoms. The first-order valence-corrected chi connectivity index (χ1v) is 3.98. The number of thioether (sulfide) groups is 1. The van der Waals surface area contributed by atoms with Gasteiger partial charge in [-0.1, -0.05) is 0 Å². The fraction of sp³-hybridized carbons (Fsp3) is 0.143. The van der Waals surface area contributed by atoms with E-state index in [4.69, 9.17) is 5.26 Å². The Bertz CT molecular complexity index is 265. The van der Waals surface area contributed by atoms with Gasteiger partial charge in [-0.3, -0.25) is 4.98 Å². The van der Waals surface area contributed by atoms with Gasteiger partial charge in [-0.15, -0.1) is 11.8 Å². The number of aromatic nitrogens is 1. The van der Waals surface area contributed by atoms with Crippen molar-refractivity contribution in [2.24, 2.45) is 0 Å². The first-order chi connectivity index (χ1) is 4.86. The van der Waals surface area contributed by atoms with Gasteiger partial charge in [0.05, 0.1) is 5.56 Å². The summed E-state index contributed by atoms with van der Waals surface area (Å²) in [7, 11) is 0. The number of nitriles is 1. The fourth-order valence-corrected chi connectivity index (χ4v) is 1.00. The number of nitrogens with zero attached hydrogens (tertiary/aromatic N) is 2. The van der Waals surface area contributed by atoms with E-state index in [0.29, 0.717) is 5.56 Å². The van der Waals surface area contributed by atoms with Crippen molar-refractivity contribution in [3.8, 4) is 6.07 Å². The molecular formula is C7H6N2S. The second-order valence-corrected chi connectivity index (χ2v) is 2.60. The van der Waals surface area contributed by atoms with Crippen LogP contribution in [0.3, 0.4) is 0 Å². The molecule has 0 saturated carbocycles. The molecule has 0 spiro atoms. The monoisotopic (exact) mass is 150 g/mol. The summed E-state index contributed by atoms with van der Waals surface area (Å²) in [6.07, 6.45) is 5.25. The molecule has 0 aliphatic heterocycles. The van der Waals surface area contributed by atoms with Crippen LogP contribution < -0.4 is 0 Å². The average Bonchev–Trinajstić information content (AvgIpc) is 2.05. The van der Waals surface area contributed by atoms with Crippen LogP contribution in [0.5, 0.6) is 0 Å². The molecule has 1 heterocycles. The van der Waals surface area contributed by atoms with Crippen LogP contribution in [-0.4, -0.2) is 11.2 Å². The van der Waals surface area contributed by atoms with Gasteiger partial charge in [-0.05, 0) is 12.3 Å². The molecule has 0 amide bonds. The van der Waals surface area contributed by atoms with Gasteiger partial charge in [0.25, 0.3) is 0 Å². The first-order valence-electron chi connectivity index (χ1n) is 2.76. The van der Waals surface area contributed by atoms with Crippen molar-refractivity contribution >= 4 is 11.8 Å². The summed E-state index contributed by atoms with van der Waals surface area (Å²) in [6.45, 7) is 0. The van der Waals surface area contributed by atoms with E-state index in [9.17, 15) is 0 Å². The lowest BCUT2D eigenvalue weighted by molar-refractivity contribution is 1.22. The van der Waals surface area contributed by atoms with E-state index in [2.05, 4.69) is 4.98 Å². The fourth-order valence-electron chi connectivity index (χ4n) is 0.592. The molecule has 0 unspecified atom stereocenters. The van der Waals surface area contributed by atoms with Gasteiger partial charge in [0.15, 0.2) is 0 Å².